The predicted molar refractivity (Wildman–Crippen MR) is 51.2 cm³/mol. The van der Waals surface area contributed by atoms with E-state index in [1.165, 1.54) is 32.2 Å². The summed E-state index contributed by atoms with van der Waals surface area (Å²) in [6.07, 6.45) is 5.04. The minimum atomic E-state index is -0.164. The Kier molecular flexibility index (Phi) is 4.02. The van der Waals surface area contributed by atoms with Gasteiger partial charge in [-0.1, -0.05) is 13.3 Å². The van der Waals surface area contributed by atoms with Crippen LogP contribution in [0.15, 0.2) is 0 Å². The van der Waals surface area contributed by atoms with Crippen LogP contribution in [0, 0.1) is 0 Å². The number of aliphatic hydroxyl groups is 1. The standard InChI is InChI=1S/C10H21NO/c1-3-4-7-11(8-9(2)12)10-5-6-10/h9-10,12H,3-8H2,1-2H3. The lowest BCUT2D eigenvalue weighted by Crippen LogP contribution is -2.33. The van der Waals surface area contributed by atoms with E-state index in [4.69, 9.17) is 0 Å². The predicted octanol–water partition coefficient (Wildman–Crippen LogP) is 1.63. The molecule has 1 aliphatic carbocycles. The molecule has 12 heavy (non-hydrogen) atoms. The lowest BCUT2D eigenvalue weighted by Gasteiger charge is -2.22. The molecule has 0 saturated heterocycles. The van der Waals surface area contributed by atoms with Crippen molar-refractivity contribution in [3.63, 3.8) is 0 Å². The molecule has 1 saturated carbocycles. The second-order valence-corrected chi connectivity index (χ2v) is 3.93. The molecule has 0 spiro atoms. The average Bonchev–Trinajstić information content (AvgIpc) is 2.79. The summed E-state index contributed by atoms with van der Waals surface area (Å²) in [6.45, 7) is 6.13. The van der Waals surface area contributed by atoms with Crippen LogP contribution in [0.2, 0.25) is 0 Å². The maximum atomic E-state index is 9.26. The quantitative estimate of drug-likeness (QED) is 0.656. The van der Waals surface area contributed by atoms with Crippen molar-refractivity contribution in [3.8, 4) is 0 Å². The molecule has 1 rings (SSSR count). The van der Waals surface area contributed by atoms with Crippen molar-refractivity contribution in [1.82, 2.24) is 4.90 Å². The van der Waals surface area contributed by atoms with Crippen molar-refractivity contribution in [2.24, 2.45) is 0 Å². The topological polar surface area (TPSA) is 23.5 Å². The van der Waals surface area contributed by atoms with Gasteiger partial charge in [-0.15, -0.1) is 0 Å². The number of nitrogens with zero attached hydrogens (tertiary/aromatic N) is 1. The molecule has 1 aliphatic rings. The maximum Gasteiger partial charge on any atom is 0.0639 e. The fourth-order valence-corrected chi connectivity index (χ4v) is 1.56. The monoisotopic (exact) mass is 171 g/mol. The second kappa shape index (κ2) is 4.83. The molecule has 2 heteroatoms. The summed E-state index contributed by atoms with van der Waals surface area (Å²) in [7, 11) is 0. The molecule has 0 aromatic rings. The van der Waals surface area contributed by atoms with E-state index in [1.807, 2.05) is 6.92 Å². The van der Waals surface area contributed by atoms with E-state index >= 15 is 0 Å². The number of rotatable bonds is 6. The number of aliphatic hydroxyl groups excluding tert-OH is 1. The van der Waals surface area contributed by atoms with Crippen LogP contribution in [0.25, 0.3) is 0 Å². The second-order valence-electron chi connectivity index (χ2n) is 3.93. The van der Waals surface area contributed by atoms with Gasteiger partial charge in [0.25, 0.3) is 0 Å². The van der Waals surface area contributed by atoms with E-state index in [0.29, 0.717) is 0 Å². The van der Waals surface area contributed by atoms with Gasteiger partial charge in [0.2, 0.25) is 0 Å². The lowest BCUT2D eigenvalue weighted by atomic mass is 10.3. The highest BCUT2D eigenvalue weighted by Crippen LogP contribution is 2.27. The van der Waals surface area contributed by atoms with Crippen LogP contribution in [0.4, 0.5) is 0 Å². The van der Waals surface area contributed by atoms with Crippen molar-refractivity contribution < 1.29 is 5.11 Å². The van der Waals surface area contributed by atoms with Gasteiger partial charge in [0.1, 0.15) is 0 Å². The van der Waals surface area contributed by atoms with Gasteiger partial charge >= 0.3 is 0 Å². The molecule has 0 aliphatic heterocycles. The Morgan fingerprint density at radius 2 is 2.17 bits per heavy atom. The molecular weight excluding hydrogens is 150 g/mol. The van der Waals surface area contributed by atoms with Gasteiger partial charge in [-0.25, -0.2) is 0 Å². The van der Waals surface area contributed by atoms with E-state index < -0.39 is 0 Å². The number of hydrogen-bond donors (Lipinski definition) is 1. The molecule has 72 valence electrons. The Hall–Kier alpha value is -0.0800. The van der Waals surface area contributed by atoms with Crippen LogP contribution in [0.1, 0.15) is 39.5 Å². The molecular formula is C10H21NO. The molecule has 0 bridgehead atoms. The molecule has 1 fully saturated rings. The van der Waals surface area contributed by atoms with E-state index in [2.05, 4.69) is 11.8 Å². The van der Waals surface area contributed by atoms with E-state index in [-0.39, 0.29) is 6.10 Å². The lowest BCUT2D eigenvalue weighted by molar-refractivity contribution is 0.121. The molecule has 2 nitrogen and oxygen atoms in total. The fraction of sp³-hybridized carbons (Fsp3) is 1.00. The molecule has 0 aromatic carbocycles. The van der Waals surface area contributed by atoms with Crippen molar-refractivity contribution in [2.75, 3.05) is 13.1 Å². The summed E-state index contributed by atoms with van der Waals surface area (Å²) < 4.78 is 0. The summed E-state index contributed by atoms with van der Waals surface area (Å²) in [5.41, 5.74) is 0. The maximum absolute atomic E-state index is 9.26. The minimum absolute atomic E-state index is 0.164. The zero-order valence-electron chi connectivity index (χ0n) is 8.29. The van der Waals surface area contributed by atoms with Gasteiger partial charge in [-0.05, 0) is 32.7 Å². The third-order valence-corrected chi connectivity index (χ3v) is 2.36. The SMILES string of the molecule is CCCCN(CC(C)O)C1CC1. The summed E-state index contributed by atoms with van der Waals surface area (Å²) >= 11 is 0. The van der Waals surface area contributed by atoms with Crippen molar-refractivity contribution >= 4 is 0 Å². The molecule has 0 aromatic heterocycles. The first-order chi connectivity index (χ1) is 5.74. The van der Waals surface area contributed by atoms with Crippen LogP contribution in [0.3, 0.4) is 0 Å². The highest BCUT2D eigenvalue weighted by atomic mass is 16.3. The zero-order chi connectivity index (χ0) is 8.97. The van der Waals surface area contributed by atoms with Crippen molar-refractivity contribution in [3.05, 3.63) is 0 Å². The average molecular weight is 171 g/mol. The van der Waals surface area contributed by atoms with Crippen molar-refractivity contribution in [2.45, 2.75) is 51.7 Å². The summed E-state index contributed by atoms with van der Waals surface area (Å²) in [5.74, 6) is 0. The van der Waals surface area contributed by atoms with E-state index in [9.17, 15) is 5.11 Å². The Morgan fingerprint density at radius 1 is 1.50 bits per heavy atom. The molecule has 1 N–H and O–H groups in total. The molecule has 1 unspecified atom stereocenters. The Balaban J connectivity index is 2.18. The fourth-order valence-electron chi connectivity index (χ4n) is 1.56. The number of hydrogen-bond acceptors (Lipinski definition) is 2. The van der Waals surface area contributed by atoms with Gasteiger partial charge in [-0.3, -0.25) is 4.90 Å². The Bertz CT molecular complexity index is 121. The normalized spacial score (nSPS) is 20.0. The van der Waals surface area contributed by atoms with Crippen LogP contribution < -0.4 is 0 Å². The minimum Gasteiger partial charge on any atom is -0.392 e. The first-order valence-corrected chi connectivity index (χ1v) is 5.16. The van der Waals surface area contributed by atoms with Crippen LogP contribution >= 0.6 is 0 Å². The summed E-state index contributed by atoms with van der Waals surface area (Å²) in [5, 5.41) is 9.26. The smallest absolute Gasteiger partial charge is 0.0639 e. The van der Waals surface area contributed by atoms with E-state index in [1.54, 1.807) is 0 Å². The third kappa shape index (κ3) is 3.55. The highest BCUT2D eigenvalue weighted by Gasteiger charge is 2.28. The van der Waals surface area contributed by atoms with Crippen LogP contribution in [0.5, 0.6) is 0 Å². The summed E-state index contributed by atoms with van der Waals surface area (Å²) in [4.78, 5) is 2.44. The molecule has 0 amide bonds. The zero-order valence-corrected chi connectivity index (χ0v) is 8.29. The third-order valence-electron chi connectivity index (χ3n) is 2.36. The van der Waals surface area contributed by atoms with E-state index in [0.717, 1.165) is 12.6 Å². The van der Waals surface area contributed by atoms with Gasteiger partial charge in [0.05, 0.1) is 6.10 Å². The first-order valence-electron chi connectivity index (χ1n) is 5.16. The largest absolute Gasteiger partial charge is 0.392 e. The van der Waals surface area contributed by atoms with Gasteiger partial charge in [-0.2, -0.15) is 0 Å². The first kappa shape index (κ1) is 10.0. The Labute approximate surface area is 75.6 Å². The van der Waals surface area contributed by atoms with Crippen LogP contribution in [-0.2, 0) is 0 Å². The van der Waals surface area contributed by atoms with Crippen LogP contribution in [-0.4, -0.2) is 35.2 Å². The number of unbranched alkanes of at least 4 members (excludes halogenated alkanes) is 1. The molecule has 0 radical (unpaired) electrons. The molecule has 0 heterocycles. The summed E-state index contributed by atoms with van der Waals surface area (Å²) in [6, 6.07) is 0.797. The van der Waals surface area contributed by atoms with Gasteiger partial charge < -0.3 is 5.11 Å². The van der Waals surface area contributed by atoms with Gasteiger partial charge in [0, 0.05) is 12.6 Å². The molecule has 1 atom stereocenters. The highest BCUT2D eigenvalue weighted by molar-refractivity contribution is 4.84. The Morgan fingerprint density at radius 3 is 2.58 bits per heavy atom. The van der Waals surface area contributed by atoms with Gasteiger partial charge in [0.15, 0.2) is 0 Å². The van der Waals surface area contributed by atoms with Crippen molar-refractivity contribution in [1.29, 1.82) is 0 Å².